The van der Waals surface area contributed by atoms with Crippen molar-refractivity contribution in [3.63, 3.8) is 0 Å². The summed E-state index contributed by atoms with van der Waals surface area (Å²) >= 11 is 0. The second-order valence-corrected chi connectivity index (χ2v) is 5.65. The average Bonchev–Trinajstić information content (AvgIpc) is 2.69. The summed E-state index contributed by atoms with van der Waals surface area (Å²) in [4.78, 5) is 0. The second kappa shape index (κ2) is 4.43. The summed E-state index contributed by atoms with van der Waals surface area (Å²) in [7, 11) is 2.20. The minimum absolute atomic E-state index is 0.538. The predicted octanol–water partition coefficient (Wildman–Crippen LogP) is 3.61. The lowest BCUT2D eigenvalue weighted by molar-refractivity contribution is 0.399. The molecule has 1 unspecified atom stereocenters. The molecule has 2 nitrogen and oxygen atoms in total. The van der Waals surface area contributed by atoms with Crippen molar-refractivity contribution in [2.45, 2.75) is 39.2 Å². The topological polar surface area (TPSA) is 17.0 Å². The van der Waals surface area contributed by atoms with Gasteiger partial charge in [-0.1, -0.05) is 12.5 Å². The predicted molar refractivity (Wildman–Crippen MR) is 77.0 cm³/mol. The van der Waals surface area contributed by atoms with E-state index < -0.39 is 0 Å². The van der Waals surface area contributed by atoms with E-state index in [9.17, 15) is 0 Å². The standard InChI is InChI=1S/C16H22N2/c1-11-8-12(2)13-10-16(18(3)15(13)9-11)14-6-4-5-7-17-14/h8-10,14,17H,4-7H2,1-3H3. The van der Waals surface area contributed by atoms with Crippen LogP contribution in [0.25, 0.3) is 10.9 Å². The van der Waals surface area contributed by atoms with E-state index in [1.807, 2.05) is 0 Å². The van der Waals surface area contributed by atoms with Gasteiger partial charge < -0.3 is 9.88 Å². The van der Waals surface area contributed by atoms with E-state index in [0.717, 1.165) is 6.54 Å². The first-order valence-corrected chi connectivity index (χ1v) is 6.97. The highest BCUT2D eigenvalue weighted by molar-refractivity contribution is 5.85. The minimum Gasteiger partial charge on any atom is -0.346 e. The summed E-state index contributed by atoms with van der Waals surface area (Å²) in [5, 5.41) is 5.06. The molecule has 1 aliphatic rings. The van der Waals surface area contributed by atoms with Gasteiger partial charge in [-0.05, 0) is 56.5 Å². The van der Waals surface area contributed by atoms with Crippen molar-refractivity contribution in [3.05, 3.63) is 35.0 Å². The molecule has 0 radical (unpaired) electrons. The monoisotopic (exact) mass is 242 g/mol. The zero-order valence-electron chi connectivity index (χ0n) is 11.6. The summed E-state index contributed by atoms with van der Waals surface area (Å²) in [5.41, 5.74) is 5.56. The molecule has 18 heavy (non-hydrogen) atoms. The molecule has 2 heteroatoms. The Kier molecular flexibility index (Phi) is 2.90. The van der Waals surface area contributed by atoms with Gasteiger partial charge in [-0.15, -0.1) is 0 Å². The van der Waals surface area contributed by atoms with E-state index >= 15 is 0 Å². The molecule has 3 rings (SSSR count). The van der Waals surface area contributed by atoms with Crippen LogP contribution in [0.3, 0.4) is 0 Å². The number of aryl methyl sites for hydroxylation is 3. The van der Waals surface area contributed by atoms with Gasteiger partial charge in [-0.25, -0.2) is 0 Å². The van der Waals surface area contributed by atoms with Crippen LogP contribution in [0.4, 0.5) is 0 Å². The van der Waals surface area contributed by atoms with Crippen LogP contribution < -0.4 is 5.32 Å². The molecule has 1 aromatic carbocycles. The highest BCUT2D eigenvalue weighted by Crippen LogP contribution is 2.30. The third-order valence-corrected chi connectivity index (χ3v) is 4.22. The fraction of sp³-hybridized carbons (Fsp3) is 0.500. The van der Waals surface area contributed by atoms with E-state index in [1.165, 1.54) is 47.0 Å². The van der Waals surface area contributed by atoms with Crippen LogP contribution in [0.2, 0.25) is 0 Å². The molecule has 1 aliphatic heterocycles. The molecule has 2 heterocycles. The van der Waals surface area contributed by atoms with E-state index in [0.29, 0.717) is 6.04 Å². The first-order valence-electron chi connectivity index (χ1n) is 6.97. The van der Waals surface area contributed by atoms with Gasteiger partial charge in [0.15, 0.2) is 0 Å². The lowest BCUT2D eigenvalue weighted by atomic mass is 10.0. The molecule has 1 fully saturated rings. The Morgan fingerprint density at radius 1 is 1.17 bits per heavy atom. The van der Waals surface area contributed by atoms with E-state index in [-0.39, 0.29) is 0 Å². The van der Waals surface area contributed by atoms with Crippen molar-refractivity contribution in [2.24, 2.45) is 7.05 Å². The number of aromatic nitrogens is 1. The highest BCUT2D eigenvalue weighted by Gasteiger charge is 2.19. The van der Waals surface area contributed by atoms with E-state index in [2.05, 4.69) is 49.0 Å². The normalized spacial score (nSPS) is 20.5. The summed E-state index contributed by atoms with van der Waals surface area (Å²) < 4.78 is 2.37. The zero-order valence-corrected chi connectivity index (χ0v) is 11.6. The van der Waals surface area contributed by atoms with Gasteiger partial charge in [0.2, 0.25) is 0 Å². The number of nitrogens with one attached hydrogen (secondary N) is 1. The SMILES string of the molecule is Cc1cc(C)c2cc(C3CCCCN3)n(C)c2c1. The van der Waals surface area contributed by atoms with Crippen molar-refractivity contribution in [1.29, 1.82) is 0 Å². The number of piperidine rings is 1. The Bertz CT molecular complexity index is 574. The Morgan fingerprint density at radius 2 is 2.00 bits per heavy atom. The largest absolute Gasteiger partial charge is 0.346 e. The Labute approximate surface area is 109 Å². The number of hydrogen-bond acceptors (Lipinski definition) is 1. The van der Waals surface area contributed by atoms with Gasteiger partial charge >= 0.3 is 0 Å². The van der Waals surface area contributed by atoms with Gasteiger partial charge in [0.25, 0.3) is 0 Å². The van der Waals surface area contributed by atoms with Gasteiger partial charge in [-0.3, -0.25) is 0 Å². The number of benzene rings is 1. The van der Waals surface area contributed by atoms with Crippen LogP contribution in [0.5, 0.6) is 0 Å². The summed E-state index contributed by atoms with van der Waals surface area (Å²) in [6.07, 6.45) is 3.93. The average molecular weight is 242 g/mol. The minimum atomic E-state index is 0.538. The summed E-state index contributed by atoms with van der Waals surface area (Å²) in [6, 6.07) is 7.50. The molecule has 0 aliphatic carbocycles. The fourth-order valence-electron chi connectivity index (χ4n) is 3.24. The molecule has 1 aromatic heterocycles. The van der Waals surface area contributed by atoms with Crippen LogP contribution in [0, 0.1) is 13.8 Å². The zero-order chi connectivity index (χ0) is 12.7. The van der Waals surface area contributed by atoms with Gasteiger partial charge in [0.1, 0.15) is 0 Å². The molecule has 0 amide bonds. The molecule has 0 spiro atoms. The lowest BCUT2D eigenvalue weighted by Gasteiger charge is -2.24. The molecular formula is C16H22N2. The molecule has 0 bridgehead atoms. The second-order valence-electron chi connectivity index (χ2n) is 5.65. The molecular weight excluding hydrogens is 220 g/mol. The number of hydrogen-bond donors (Lipinski definition) is 1. The quantitative estimate of drug-likeness (QED) is 0.808. The smallest absolute Gasteiger partial charge is 0.0485 e. The maximum Gasteiger partial charge on any atom is 0.0485 e. The third-order valence-electron chi connectivity index (χ3n) is 4.22. The first kappa shape index (κ1) is 11.8. The van der Waals surface area contributed by atoms with Crippen LogP contribution >= 0.6 is 0 Å². The number of rotatable bonds is 1. The number of fused-ring (bicyclic) bond motifs is 1. The Morgan fingerprint density at radius 3 is 2.72 bits per heavy atom. The van der Waals surface area contributed by atoms with Gasteiger partial charge in [0.05, 0.1) is 0 Å². The van der Waals surface area contributed by atoms with Crippen molar-refractivity contribution < 1.29 is 0 Å². The van der Waals surface area contributed by atoms with Gasteiger partial charge in [0, 0.05) is 29.7 Å². The summed E-state index contributed by atoms with van der Waals surface area (Å²) in [5.74, 6) is 0. The van der Waals surface area contributed by atoms with Crippen molar-refractivity contribution in [3.8, 4) is 0 Å². The Hall–Kier alpha value is -1.28. The van der Waals surface area contributed by atoms with Crippen LogP contribution in [0.1, 0.15) is 42.1 Å². The molecule has 1 atom stereocenters. The molecule has 1 saturated heterocycles. The molecule has 96 valence electrons. The fourth-order valence-corrected chi connectivity index (χ4v) is 3.24. The highest BCUT2D eigenvalue weighted by atomic mass is 15.0. The molecule has 0 saturated carbocycles. The first-order chi connectivity index (χ1) is 8.66. The maximum absolute atomic E-state index is 3.65. The Balaban J connectivity index is 2.13. The van der Waals surface area contributed by atoms with Crippen LogP contribution in [0.15, 0.2) is 18.2 Å². The van der Waals surface area contributed by atoms with Crippen LogP contribution in [-0.4, -0.2) is 11.1 Å². The summed E-state index contributed by atoms with van der Waals surface area (Å²) in [6.45, 7) is 5.55. The maximum atomic E-state index is 3.65. The van der Waals surface area contributed by atoms with Crippen molar-refractivity contribution in [1.82, 2.24) is 9.88 Å². The van der Waals surface area contributed by atoms with Gasteiger partial charge in [-0.2, -0.15) is 0 Å². The van der Waals surface area contributed by atoms with E-state index in [4.69, 9.17) is 0 Å². The van der Waals surface area contributed by atoms with Crippen molar-refractivity contribution >= 4 is 10.9 Å². The van der Waals surface area contributed by atoms with Crippen LogP contribution in [-0.2, 0) is 7.05 Å². The molecule has 1 N–H and O–H groups in total. The van der Waals surface area contributed by atoms with E-state index in [1.54, 1.807) is 0 Å². The van der Waals surface area contributed by atoms with Crippen molar-refractivity contribution in [2.75, 3.05) is 6.54 Å². The lowest BCUT2D eigenvalue weighted by Crippen LogP contribution is -2.28. The third kappa shape index (κ3) is 1.85. The number of nitrogens with zero attached hydrogens (tertiary/aromatic N) is 1. The molecule has 2 aromatic rings.